The number of nitrogens with zero attached hydrogens (tertiary/aromatic N) is 7. The van der Waals surface area contributed by atoms with Crippen molar-refractivity contribution in [3.63, 3.8) is 0 Å². The maximum Gasteiger partial charge on any atom is 0.252 e. The molecule has 0 spiro atoms. The molecule has 22 nitrogen and oxygen atoms in total. The molecule has 2 fully saturated rings. The molecule has 0 aliphatic carbocycles. The average Bonchev–Trinajstić information content (AvgIpc) is 4.09. The quantitative estimate of drug-likeness (QED) is 0.0466. The molecule has 5 aromatic rings. The van der Waals surface area contributed by atoms with Gasteiger partial charge in [0.15, 0.2) is 0 Å². The number of benzene rings is 3. The number of aromatic nitrogens is 4. The number of nitrogens with one attached hydrogen (secondary N) is 1. The molecule has 5 heterocycles. The van der Waals surface area contributed by atoms with Gasteiger partial charge in [0.25, 0.3) is 5.91 Å². The molecular formula is C62H88N10O12S. The first kappa shape index (κ1) is 67.1. The highest BCUT2D eigenvalue weighted by atomic mass is 32.1. The molecule has 0 saturated carbocycles. The van der Waals surface area contributed by atoms with Gasteiger partial charge in [0.05, 0.1) is 101 Å². The summed E-state index contributed by atoms with van der Waals surface area (Å²) in [4.78, 5) is 71.5. The Hall–Kier alpha value is -7.02. The van der Waals surface area contributed by atoms with Gasteiger partial charge >= 0.3 is 0 Å². The smallest absolute Gasteiger partial charge is 0.252 e. The van der Waals surface area contributed by atoms with Gasteiger partial charge in [-0.1, -0.05) is 63.6 Å². The van der Waals surface area contributed by atoms with Crippen molar-refractivity contribution in [1.82, 2.24) is 40.0 Å². The maximum absolute atomic E-state index is 12.7. The minimum atomic E-state index is -0.580. The van der Waals surface area contributed by atoms with Gasteiger partial charge in [-0.3, -0.25) is 24.0 Å². The zero-order valence-electron chi connectivity index (χ0n) is 50.7. The topological polar surface area (TPSA) is 267 Å². The molecule has 0 bridgehead atoms. The number of methoxy groups -OCH3 is 2. The number of thiazole rings is 1. The number of ether oxygens (including phenoxy) is 7. The Balaban J connectivity index is 0.000000204. The molecule has 0 radical (unpaired) electrons. The molecule has 5 N–H and O–H groups in total. The molecule has 1 unspecified atom stereocenters. The highest BCUT2D eigenvalue weighted by Gasteiger charge is 2.35. The Bertz CT molecular complexity index is 2880. The van der Waals surface area contributed by atoms with Crippen LogP contribution in [0.15, 0.2) is 66.3 Å². The fourth-order valence-electron chi connectivity index (χ4n) is 9.84. The molecule has 8 rings (SSSR count). The van der Waals surface area contributed by atoms with Crippen molar-refractivity contribution in [2.24, 2.45) is 16.9 Å². The molecule has 5 amide bonds. The Morgan fingerprint density at radius 1 is 0.765 bits per heavy atom. The van der Waals surface area contributed by atoms with E-state index in [0.717, 1.165) is 65.0 Å². The van der Waals surface area contributed by atoms with E-state index in [-0.39, 0.29) is 35.8 Å². The SMILES string of the molecule is CCC(=O)N1CCOc2c(cc(-c3cc(OC)cc(OC)c3)cc2C(N)=O)C1.Cc1ncsc1-c1ccc(CNC(=O)C2CCCN2C(=O)CC(C)(C)C)cc1.NC(=O)COCCOCCOCCOCCn1cc(CCN2CCCCC2)nn1. The number of amides is 5. The number of likely N-dealkylation sites (tertiary alicyclic amines) is 2. The summed E-state index contributed by atoms with van der Waals surface area (Å²) in [7, 11) is 3.15. The van der Waals surface area contributed by atoms with Gasteiger partial charge < -0.3 is 64.6 Å². The summed E-state index contributed by atoms with van der Waals surface area (Å²) >= 11 is 1.63. The second kappa shape index (κ2) is 34.8. The predicted octanol–water partition coefficient (Wildman–Crippen LogP) is 6.62. The van der Waals surface area contributed by atoms with Gasteiger partial charge in [0.1, 0.15) is 36.5 Å². The van der Waals surface area contributed by atoms with E-state index in [4.69, 9.17) is 44.6 Å². The molecule has 2 saturated heterocycles. The summed E-state index contributed by atoms with van der Waals surface area (Å²) in [6, 6.07) is 16.9. The second-order valence-electron chi connectivity index (χ2n) is 22.1. The van der Waals surface area contributed by atoms with E-state index in [1.807, 2.05) is 81.3 Å². The molecule has 1 atom stereocenters. The summed E-state index contributed by atoms with van der Waals surface area (Å²) in [6.07, 6.45) is 9.45. The number of fused-ring (bicyclic) bond motifs is 1. The highest BCUT2D eigenvalue weighted by molar-refractivity contribution is 7.13. The Morgan fingerprint density at radius 3 is 2.04 bits per heavy atom. The van der Waals surface area contributed by atoms with Crippen LogP contribution in [-0.4, -0.2) is 177 Å². The first-order valence-electron chi connectivity index (χ1n) is 29.3. The number of hydrogen-bond acceptors (Lipinski definition) is 17. The van der Waals surface area contributed by atoms with Gasteiger partial charge in [0, 0.05) is 63.3 Å². The van der Waals surface area contributed by atoms with Crippen LogP contribution in [0.5, 0.6) is 17.2 Å². The zero-order chi connectivity index (χ0) is 61.1. The number of carbonyl (C=O) groups excluding carboxylic acids is 5. The summed E-state index contributed by atoms with van der Waals surface area (Å²) in [5.74, 6) is 0.696. The van der Waals surface area contributed by atoms with Crippen molar-refractivity contribution >= 4 is 40.9 Å². The molecule has 23 heteroatoms. The lowest BCUT2D eigenvalue weighted by Crippen LogP contribution is -2.46. The number of primary amides is 2. The lowest BCUT2D eigenvalue weighted by atomic mass is 9.91. The van der Waals surface area contributed by atoms with Crippen molar-refractivity contribution in [2.45, 2.75) is 112 Å². The van der Waals surface area contributed by atoms with Crippen LogP contribution in [0.4, 0.5) is 0 Å². The maximum atomic E-state index is 12.7. The lowest BCUT2D eigenvalue weighted by Gasteiger charge is -2.27. The van der Waals surface area contributed by atoms with Crippen molar-refractivity contribution in [1.29, 1.82) is 0 Å². The number of carbonyl (C=O) groups is 5. The van der Waals surface area contributed by atoms with E-state index in [0.29, 0.717) is 121 Å². The van der Waals surface area contributed by atoms with E-state index in [9.17, 15) is 24.0 Å². The van der Waals surface area contributed by atoms with Crippen molar-refractivity contribution < 1.29 is 57.1 Å². The fraction of sp³-hybridized carbons (Fsp3) is 0.548. The number of rotatable bonds is 27. The summed E-state index contributed by atoms with van der Waals surface area (Å²) in [5.41, 5.74) is 19.2. The largest absolute Gasteiger partial charge is 0.497 e. The summed E-state index contributed by atoms with van der Waals surface area (Å²) in [5, 5.41) is 11.4. The molecule has 2 aromatic heterocycles. The Labute approximate surface area is 504 Å². The zero-order valence-corrected chi connectivity index (χ0v) is 51.5. The van der Waals surface area contributed by atoms with Crippen LogP contribution in [0, 0.1) is 12.3 Å². The molecule has 3 aromatic carbocycles. The average molecular weight is 1200 g/mol. The Kier molecular flexibility index (Phi) is 27.5. The molecular weight excluding hydrogens is 1110 g/mol. The number of hydrogen-bond donors (Lipinski definition) is 3. The number of nitrogens with two attached hydrogens (primary N) is 2. The van der Waals surface area contributed by atoms with Crippen LogP contribution < -0.4 is 31.0 Å². The van der Waals surface area contributed by atoms with Gasteiger partial charge in [0.2, 0.25) is 23.6 Å². The van der Waals surface area contributed by atoms with E-state index in [1.165, 1.54) is 37.2 Å². The van der Waals surface area contributed by atoms with Crippen molar-refractivity contribution in [3.05, 3.63) is 94.4 Å². The molecule has 3 aliphatic heterocycles. The lowest BCUT2D eigenvalue weighted by molar-refractivity contribution is -0.139. The van der Waals surface area contributed by atoms with Crippen LogP contribution in [0.2, 0.25) is 0 Å². The van der Waals surface area contributed by atoms with Crippen molar-refractivity contribution in [2.75, 3.05) is 106 Å². The first-order chi connectivity index (χ1) is 40.9. The van der Waals surface area contributed by atoms with Crippen molar-refractivity contribution in [3.8, 4) is 38.8 Å². The van der Waals surface area contributed by atoms with E-state index in [1.54, 1.807) is 47.5 Å². The van der Waals surface area contributed by atoms with E-state index < -0.39 is 11.8 Å². The molecule has 464 valence electrons. The van der Waals surface area contributed by atoms with Crippen LogP contribution in [0.3, 0.4) is 0 Å². The normalized spacial score (nSPS) is 15.1. The van der Waals surface area contributed by atoms with Crippen LogP contribution in [0.25, 0.3) is 21.6 Å². The van der Waals surface area contributed by atoms with Crippen LogP contribution in [0.1, 0.15) is 106 Å². The second-order valence-corrected chi connectivity index (χ2v) is 23.0. The van der Waals surface area contributed by atoms with Gasteiger partial charge in [-0.25, -0.2) is 9.67 Å². The van der Waals surface area contributed by atoms with Crippen LogP contribution in [-0.2, 0) is 64.2 Å². The van der Waals surface area contributed by atoms with Gasteiger partial charge in [-0.15, -0.1) is 16.4 Å². The first-order valence-corrected chi connectivity index (χ1v) is 30.2. The monoisotopic (exact) mass is 1200 g/mol. The third-order valence-electron chi connectivity index (χ3n) is 14.3. The van der Waals surface area contributed by atoms with E-state index in [2.05, 4.69) is 37.6 Å². The van der Waals surface area contributed by atoms with Crippen LogP contribution >= 0.6 is 11.3 Å². The highest BCUT2D eigenvalue weighted by Crippen LogP contribution is 2.37. The molecule has 85 heavy (non-hydrogen) atoms. The van der Waals surface area contributed by atoms with E-state index >= 15 is 0 Å². The number of piperidine rings is 1. The predicted molar refractivity (Wildman–Crippen MR) is 324 cm³/mol. The van der Waals surface area contributed by atoms with Gasteiger partial charge in [-0.2, -0.15) is 0 Å². The Morgan fingerprint density at radius 2 is 1.42 bits per heavy atom. The fourth-order valence-corrected chi connectivity index (χ4v) is 10.7. The minimum Gasteiger partial charge on any atom is -0.497 e. The third-order valence-corrected chi connectivity index (χ3v) is 15.2. The third kappa shape index (κ3) is 22.4. The molecule has 3 aliphatic rings. The summed E-state index contributed by atoms with van der Waals surface area (Å²) in [6.45, 7) is 19.7. The number of aryl methyl sites for hydroxylation is 1. The summed E-state index contributed by atoms with van der Waals surface area (Å²) < 4.78 is 39.6. The minimum absolute atomic E-state index is 0.0329. The van der Waals surface area contributed by atoms with Gasteiger partial charge in [-0.05, 0) is 97.6 Å². The standard InChI is InChI=1S/C22H29N3O2S.C21H24N2O5.C19H35N5O5/c1-15-20(28-14-24-15)17-9-7-16(8-10-17)13-23-21(27)18-6-5-11-25(18)19(26)12-22(2,3)4;1-4-19(24)23-5-6-28-20-15(12-23)7-13(10-18(20)21(22)25)14-8-16(26-2)11-17(9-14)27-3;20-19(25)17-29-15-14-28-13-12-27-11-10-26-9-8-24-16-18(21-22-24)4-7-23-5-2-1-3-6-23/h7-10,14,18H,5-6,11-13H2,1-4H3,(H,23,27);7-11H,4-6,12H2,1-3H3,(H2,22,25);16H,1-15,17H2,(H2,20,25).